The standard InChI is InChI=1S/C51H56N8O7/c1-4-22-58(48(60)42(56-50(62)64-2)29-8-6-5-7-9-29)28-41-52-39-18-13-33-25-31(11-16-37(33)44(39)54-41)32-12-17-38-34(26-32)14-19-40-45(38)55-47(53-40)46-35-10-15-36(27-35)59(46)49(61)43(57-51(63)65-3)30-20-23-66-24-21-30/h6,8-9,11-14,16-19,25-26,30,35-36,42-43,46H,4-5,7,10,15,20-24,27-28H2,1-3H3,(H,52,54)(H,53,55)(H,56,62)(H,57,63)/t35-,36+,42+,43-,46?/m0/s1. The maximum absolute atomic E-state index is 14.5. The van der Waals surface area contributed by atoms with Crippen LogP contribution in [0.15, 0.2) is 84.5 Å². The van der Waals surface area contributed by atoms with Crippen molar-refractivity contribution in [1.29, 1.82) is 0 Å². The number of allylic oxidation sites excluding steroid dienone is 2. The number of fused-ring (bicyclic) bond motifs is 8. The molecule has 15 heteroatoms. The summed E-state index contributed by atoms with van der Waals surface area (Å²) in [6.45, 7) is 3.88. The van der Waals surface area contributed by atoms with E-state index in [1.54, 1.807) is 4.90 Å². The predicted molar refractivity (Wildman–Crippen MR) is 251 cm³/mol. The van der Waals surface area contributed by atoms with Gasteiger partial charge in [-0.2, -0.15) is 0 Å². The topological polar surface area (TPSA) is 184 Å². The summed E-state index contributed by atoms with van der Waals surface area (Å²) in [6, 6.07) is 19.5. The summed E-state index contributed by atoms with van der Waals surface area (Å²) in [4.78, 5) is 74.5. The number of piperidine rings is 1. The van der Waals surface area contributed by atoms with Crippen LogP contribution in [-0.2, 0) is 30.3 Å². The number of hydrogen-bond donors (Lipinski definition) is 4. The second-order valence-electron chi connectivity index (χ2n) is 18.1. The Morgan fingerprint density at radius 1 is 0.833 bits per heavy atom. The first-order valence-electron chi connectivity index (χ1n) is 23.3. The Labute approximate surface area is 382 Å². The smallest absolute Gasteiger partial charge is 0.407 e. The van der Waals surface area contributed by atoms with E-state index in [-0.39, 0.29) is 42.3 Å². The van der Waals surface area contributed by atoms with Gasteiger partial charge in [0.15, 0.2) is 0 Å². The predicted octanol–water partition coefficient (Wildman–Crippen LogP) is 8.36. The first-order valence-corrected chi connectivity index (χ1v) is 23.3. The molecule has 4 N–H and O–H groups in total. The van der Waals surface area contributed by atoms with Crippen LogP contribution >= 0.6 is 0 Å². The lowest BCUT2D eigenvalue weighted by molar-refractivity contribution is -0.140. The van der Waals surface area contributed by atoms with Gasteiger partial charge in [0.25, 0.3) is 0 Å². The molecule has 4 aromatic carbocycles. The van der Waals surface area contributed by atoms with Crippen LogP contribution in [-0.4, -0.2) is 106 Å². The van der Waals surface area contributed by atoms with E-state index in [0.717, 1.165) is 105 Å². The van der Waals surface area contributed by atoms with Crippen LogP contribution in [0.5, 0.6) is 0 Å². The molecule has 4 aliphatic rings. The van der Waals surface area contributed by atoms with Gasteiger partial charge in [-0.3, -0.25) is 9.59 Å². The molecule has 3 fully saturated rings. The highest BCUT2D eigenvalue weighted by Gasteiger charge is 2.52. The molecule has 4 amide bonds. The van der Waals surface area contributed by atoms with Gasteiger partial charge in [-0.1, -0.05) is 61.5 Å². The SMILES string of the molecule is CCCN(Cc1nc2c(ccc3cc(-c4ccc5c(ccc6[nH]c(C7[C@H]8CC[C@H](C8)N7C(=O)[C@@H](NC(=O)OC)C7CCOCC7)nc65)c4)ccc32)[nH]1)C(=O)[C@H](NC(=O)OC)C1=CCCC=C1. The van der Waals surface area contributed by atoms with Gasteiger partial charge in [0.2, 0.25) is 11.8 Å². The zero-order valence-electron chi connectivity index (χ0n) is 37.6. The monoisotopic (exact) mass is 892 g/mol. The molecule has 0 radical (unpaired) electrons. The summed E-state index contributed by atoms with van der Waals surface area (Å²) in [5.41, 5.74) is 6.36. The van der Waals surface area contributed by atoms with Gasteiger partial charge in [-0.05, 0) is 115 Å². The van der Waals surface area contributed by atoms with Crippen molar-refractivity contribution in [2.24, 2.45) is 11.8 Å². The number of nitrogens with zero attached hydrogens (tertiary/aromatic N) is 4. The van der Waals surface area contributed by atoms with Crippen LogP contribution in [0.1, 0.15) is 76.0 Å². The lowest BCUT2D eigenvalue weighted by atomic mass is 9.89. The van der Waals surface area contributed by atoms with Crippen molar-refractivity contribution < 1.29 is 33.4 Å². The first kappa shape index (κ1) is 43.2. The Kier molecular flexibility index (Phi) is 11.9. The maximum atomic E-state index is 14.5. The third-order valence-corrected chi connectivity index (χ3v) is 14.1. The summed E-state index contributed by atoms with van der Waals surface area (Å²) >= 11 is 0. The van der Waals surface area contributed by atoms with E-state index in [1.807, 2.05) is 36.1 Å². The number of aromatic amines is 2. The van der Waals surface area contributed by atoms with Crippen molar-refractivity contribution in [3.8, 4) is 11.1 Å². The molecule has 1 saturated carbocycles. The van der Waals surface area contributed by atoms with E-state index in [0.29, 0.717) is 38.4 Å². The minimum atomic E-state index is -0.864. The number of benzene rings is 4. The van der Waals surface area contributed by atoms with E-state index in [4.69, 9.17) is 24.2 Å². The average Bonchev–Trinajstić information content (AvgIpc) is 4.18. The quantitative estimate of drug-likeness (QED) is 0.0938. The van der Waals surface area contributed by atoms with Crippen LogP contribution < -0.4 is 10.6 Å². The van der Waals surface area contributed by atoms with E-state index >= 15 is 0 Å². The summed E-state index contributed by atoms with van der Waals surface area (Å²) in [7, 11) is 2.62. The fourth-order valence-corrected chi connectivity index (χ4v) is 10.9. The number of ether oxygens (including phenoxy) is 3. The molecule has 4 heterocycles. The summed E-state index contributed by atoms with van der Waals surface area (Å²) in [6.07, 6.45) is 11.3. The molecule has 0 spiro atoms. The van der Waals surface area contributed by atoms with Crippen LogP contribution in [0.2, 0.25) is 0 Å². The minimum Gasteiger partial charge on any atom is -0.453 e. The van der Waals surface area contributed by atoms with Gasteiger partial charge < -0.3 is 44.6 Å². The Bertz CT molecular complexity index is 2910. The number of amides is 4. The summed E-state index contributed by atoms with van der Waals surface area (Å²) < 4.78 is 15.4. The third kappa shape index (κ3) is 8.14. The van der Waals surface area contributed by atoms with Gasteiger partial charge in [0.1, 0.15) is 23.7 Å². The number of methoxy groups -OCH3 is 2. The van der Waals surface area contributed by atoms with Crippen LogP contribution in [0, 0.1) is 11.8 Å². The molecular weight excluding hydrogens is 837 g/mol. The number of hydrogen-bond acceptors (Lipinski definition) is 9. The van der Waals surface area contributed by atoms with Crippen molar-refractivity contribution in [2.75, 3.05) is 34.0 Å². The minimum absolute atomic E-state index is 0.0354. The fourth-order valence-electron chi connectivity index (χ4n) is 10.9. The molecule has 2 aromatic heterocycles. The van der Waals surface area contributed by atoms with E-state index in [2.05, 4.69) is 75.2 Å². The number of H-pyrrole nitrogens is 2. The molecule has 10 rings (SSSR count). The largest absolute Gasteiger partial charge is 0.453 e. The van der Waals surface area contributed by atoms with E-state index in [1.165, 1.54) is 14.2 Å². The number of alkyl carbamates (subject to hydrolysis) is 2. The molecule has 6 aromatic rings. The summed E-state index contributed by atoms with van der Waals surface area (Å²) in [5, 5.41) is 9.75. The number of rotatable bonds is 12. The van der Waals surface area contributed by atoms with Crippen molar-refractivity contribution in [3.05, 3.63) is 96.1 Å². The third-order valence-electron chi connectivity index (χ3n) is 14.1. The van der Waals surface area contributed by atoms with Crippen LogP contribution in [0.25, 0.3) is 54.7 Å². The Morgan fingerprint density at radius 2 is 1.52 bits per heavy atom. The first-order chi connectivity index (χ1) is 32.2. The molecular formula is C51H56N8O7. The van der Waals surface area contributed by atoms with Crippen LogP contribution in [0.4, 0.5) is 9.59 Å². The highest BCUT2D eigenvalue weighted by Crippen LogP contribution is 2.50. The van der Waals surface area contributed by atoms with Gasteiger partial charge in [-0.25, -0.2) is 19.6 Å². The second-order valence-corrected chi connectivity index (χ2v) is 18.1. The fraction of sp³-hybridized carbons (Fsp3) is 0.412. The zero-order chi connectivity index (χ0) is 45.5. The Hall–Kier alpha value is -6.74. The highest BCUT2D eigenvalue weighted by molar-refractivity contribution is 6.07. The van der Waals surface area contributed by atoms with Crippen LogP contribution in [0.3, 0.4) is 0 Å². The zero-order valence-corrected chi connectivity index (χ0v) is 37.6. The Balaban J connectivity index is 0.904. The van der Waals surface area contributed by atoms with E-state index < -0.39 is 24.3 Å². The number of carbonyl (C=O) groups excluding carboxylic acids is 4. The van der Waals surface area contributed by atoms with Gasteiger partial charge in [0, 0.05) is 36.6 Å². The molecule has 1 unspecified atom stereocenters. The average molecular weight is 893 g/mol. The normalized spacial score (nSPS) is 20.4. The molecule has 5 atom stereocenters. The lowest BCUT2D eigenvalue weighted by Crippen LogP contribution is -2.55. The Morgan fingerprint density at radius 3 is 2.18 bits per heavy atom. The number of carbonyl (C=O) groups is 4. The lowest BCUT2D eigenvalue weighted by Gasteiger charge is -2.39. The molecule has 2 saturated heterocycles. The molecule has 2 bridgehead atoms. The number of likely N-dealkylation sites (tertiary alicyclic amines) is 1. The number of imidazole rings is 2. The molecule has 2 aliphatic carbocycles. The molecule has 15 nitrogen and oxygen atoms in total. The summed E-state index contributed by atoms with van der Waals surface area (Å²) in [5.74, 6) is 1.40. The molecule has 66 heavy (non-hydrogen) atoms. The molecule has 342 valence electrons. The van der Waals surface area contributed by atoms with Gasteiger partial charge in [0.05, 0.1) is 48.9 Å². The van der Waals surface area contributed by atoms with Crippen molar-refractivity contribution >= 4 is 67.6 Å². The van der Waals surface area contributed by atoms with Crippen molar-refractivity contribution in [3.63, 3.8) is 0 Å². The van der Waals surface area contributed by atoms with Gasteiger partial charge >= 0.3 is 12.2 Å². The number of aromatic nitrogens is 4. The maximum Gasteiger partial charge on any atom is 0.407 e. The van der Waals surface area contributed by atoms with Crippen molar-refractivity contribution in [1.82, 2.24) is 40.4 Å². The van der Waals surface area contributed by atoms with Crippen molar-refractivity contribution in [2.45, 2.75) is 89.0 Å². The number of nitrogens with one attached hydrogen (secondary N) is 4. The van der Waals surface area contributed by atoms with Gasteiger partial charge in [-0.15, -0.1) is 0 Å². The van der Waals surface area contributed by atoms with E-state index in [9.17, 15) is 19.2 Å². The second kappa shape index (κ2) is 18.3. The molecule has 2 aliphatic heterocycles. The highest BCUT2D eigenvalue weighted by atomic mass is 16.5.